The third-order valence-corrected chi connectivity index (χ3v) is 4.00. The van der Waals surface area contributed by atoms with Gasteiger partial charge in [-0.2, -0.15) is 0 Å². The molecule has 98 valence electrons. The summed E-state index contributed by atoms with van der Waals surface area (Å²) in [6, 6.07) is 8.33. The molecule has 1 amide bonds. The zero-order valence-electron chi connectivity index (χ0n) is 10.9. The van der Waals surface area contributed by atoms with Crippen LogP contribution in [0.15, 0.2) is 24.3 Å². The zero-order chi connectivity index (χ0) is 13.0. The number of hydrogen-bond donors (Lipinski definition) is 0. The molecule has 1 saturated carbocycles. The van der Waals surface area contributed by atoms with Crippen molar-refractivity contribution in [1.29, 1.82) is 0 Å². The molecule has 2 nitrogen and oxygen atoms in total. The molecule has 2 rings (SSSR count). The minimum Gasteiger partial charge on any atom is -0.335 e. The molecule has 0 saturated heterocycles. The highest BCUT2D eigenvalue weighted by atomic mass is 79.9. The van der Waals surface area contributed by atoms with E-state index in [1.165, 1.54) is 18.4 Å². The number of amides is 1. The van der Waals surface area contributed by atoms with Gasteiger partial charge >= 0.3 is 0 Å². The number of benzene rings is 1. The van der Waals surface area contributed by atoms with Gasteiger partial charge in [0.25, 0.3) is 5.91 Å². The summed E-state index contributed by atoms with van der Waals surface area (Å²) in [4.78, 5) is 14.6. The van der Waals surface area contributed by atoms with E-state index in [1.54, 1.807) is 0 Å². The first-order valence-electron chi connectivity index (χ1n) is 6.66. The van der Waals surface area contributed by atoms with Gasteiger partial charge in [-0.15, -0.1) is 0 Å². The van der Waals surface area contributed by atoms with Crippen molar-refractivity contribution in [2.45, 2.75) is 38.6 Å². The molecular formula is C15H20BrNO. The van der Waals surface area contributed by atoms with Gasteiger partial charge in [0.1, 0.15) is 0 Å². The van der Waals surface area contributed by atoms with Crippen molar-refractivity contribution in [3.05, 3.63) is 35.4 Å². The molecular weight excluding hydrogens is 290 g/mol. The molecule has 1 aliphatic carbocycles. The lowest BCUT2D eigenvalue weighted by Crippen LogP contribution is -2.40. The standard InChI is InChI=1S/C15H20BrNO/c1-12-6-8-13(9-7-12)15(18)17(11-10-16)14-4-2-3-5-14/h6-9,14H,2-5,10-11H2,1H3. The number of halogens is 1. The monoisotopic (exact) mass is 309 g/mol. The van der Waals surface area contributed by atoms with Crippen LogP contribution in [0.25, 0.3) is 0 Å². The Balaban J connectivity index is 2.14. The summed E-state index contributed by atoms with van der Waals surface area (Å²) in [6.07, 6.45) is 4.82. The lowest BCUT2D eigenvalue weighted by Gasteiger charge is -2.28. The van der Waals surface area contributed by atoms with Crippen molar-refractivity contribution in [2.75, 3.05) is 11.9 Å². The topological polar surface area (TPSA) is 20.3 Å². The van der Waals surface area contributed by atoms with Gasteiger partial charge in [-0.25, -0.2) is 0 Å². The minimum absolute atomic E-state index is 0.182. The first kappa shape index (κ1) is 13.6. The summed E-state index contributed by atoms with van der Waals surface area (Å²) in [7, 11) is 0. The molecule has 0 spiro atoms. The fourth-order valence-electron chi connectivity index (χ4n) is 2.62. The van der Waals surface area contributed by atoms with Crippen LogP contribution in [0.4, 0.5) is 0 Å². The summed E-state index contributed by atoms with van der Waals surface area (Å²) in [5.41, 5.74) is 2.01. The number of aryl methyl sites for hydroxylation is 1. The third kappa shape index (κ3) is 3.14. The van der Waals surface area contributed by atoms with Crippen LogP contribution >= 0.6 is 15.9 Å². The third-order valence-electron chi connectivity index (χ3n) is 3.65. The maximum Gasteiger partial charge on any atom is 0.254 e. The van der Waals surface area contributed by atoms with Gasteiger partial charge in [-0.1, -0.05) is 46.5 Å². The van der Waals surface area contributed by atoms with Crippen LogP contribution in [0, 0.1) is 6.92 Å². The van der Waals surface area contributed by atoms with Gasteiger partial charge < -0.3 is 4.90 Å². The summed E-state index contributed by atoms with van der Waals surface area (Å²) in [5.74, 6) is 0.182. The number of carbonyl (C=O) groups excluding carboxylic acids is 1. The van der Waals surface area contributed by atoms with E-state index in [9.17, 15) is 4.79 Å². The lowest BCUT2D eigenvalue weighted by molar-refractivity contribution is 0.0696. The highest BCUT2D eigenvalue weighted by Crippen LogP contribution is 2.25. The summed E-state index contributed by atoms with van der Waals surface area (Å²) >= 11 is 3.46. The first-order valence-corrected chi connectivity index (χ1v) is 7.78. The summed E-state index contributed by atoms with van der Waals surface area (Å²) in [5, 5.41) is 0.848. The largest absolute Gasteiger partial charge is 0.335 e. The van der Waals surface area contributed by atoms with E-state index in [-0.39, 0.29) is 5.91 Å². The van der Waals surface area contributed by atoms with Crippen molar-refractivity contribution in [3.63, 3.8) is 0 Å². The normalized spacial score (nSPS) is 15.9. The molecule has 0 bridgehead atoms. The molecule has 1 fully saturated rings. The van der Waals surface area contributed by atoms with Gasteiger partial charge in [-0.3, -0.25) is 4.79 Å². The van der Waals surface area contributed by atoms with Crippen molar-refractivity contribution < 1.29 is 4.79 Å². The number of nitrogens with zero attached hydrogens (tertiary/aromatic N) is 1. The maximum absolute atomic E-state index is 12.5. The first-order chi connectivity index (χ1) is 8.72. The fourth-order valence-corrected chi connectivity index (χ4v) is 3.00. The Kier molecular flexibility index (Phi) is 4.81. The molecule has 0 unspecified atom stereocenters. The highest BCUT2D eigenvalue weighted by molar-refractivity contribution is 9.09. The molecule has 0 radical (unpaired) electrons. The predicted octanol–water partition coefficient (Wildman–Crippen LogP) is 3.77. The molecule has 0 N–H and O–H groups in total. The number of hydrogen-bond acceptors (Lipinski definition) is 1. The fraction of sp³-hybridized carbons (Fsp3) is 0.533. The van der Waals surface area contributed by atoms with E-state index in [2.05, 4.69) is 15.9 Å². The van der Waals surface area contributed by atoms with E-state index < -0.39 is 0 Å². The van der Waals surface area contributed by atoms with Crippen LogP contribution in [0.3, 0.4) is 0 Å². The van der Waals surface area contributed by atoms with Crippen LogP contribution in [0.2, 0.25) is 0 Å². The van der Waals surface area contributed by atoms with Crippen LogP contribution < -0.4 is 0 Å². The Morgan fingerprint density at radius 3 is 2.44 bits per heavy atom. The second-order valence-corrected chi connectivity index (χ2v) is 5.78. The van der Waals surface area contributed by atoms with E-state index in [0.29, 0.717) is 6.04 Å². The van der Waals surface area contributed by atoms with Crippen LogP contribution in [-0.4, -0.2) is 28.7 Å². The van der Waals surface area contributed by atoms with Crippen LogP contribution in [0.1, 0.15) is 41.6 Å². The molecule has 1 aromatic carbocycles. The highest BCUT2D eigenvalue weighted by Gasteiger charge is 2.26. The molecule has 0 atom stereocenters. The van der Waals surface area contributed by atoms with Gasteiger partial charge in [0.05, 0.1) is 0 Å². The number of rotatable bonds is 4. The van der Waals surface area contributed by atoms with Gasteiger partial charge in [0.2, 0.25) is 0 Å². The molecule has 1 aliphatic rings. The Morgan fingerprint density at radius 2 is 1.89 bits per heavy atom. The second-order valence-electron chi connectivity index (χ2n) is 4.99. The quantitative estimate of drug-likeness (QED) is 0.775. The van der Waals surface area contributed by atoms with E-state index >= 15 is 0 Å². The van der Waals surface area contributed by atoms with E-state index in [1.807, 2.05) is 36.1 Å². The van der Waals surface area contributed by atoms with E-state index in [0.717, 1.165) is 30.3 Å². The Labute approximate surface area is 117 Å². The smallest absolute Gasteiger partial charge is 0.254 e. The summed E-state index contributed by atoms with van der Waals surface area (Å²) in [6.45, 7) is 2.85. The maximum atomic E-state index is 12.5. The second kappa shape index (κ2) is 6.37. The zero-order valence-corrected chi connectivity index (χ0v) is 12.4. The number of carbonyl (C=O) groups is 1. The van der Waals surface area contributed by atoms with Crippen molar-refractivity contribution in [2.24, 2.45) is 0 Å². The number of alkyl halides is 1. The predicted molar refractivity (Wildman–Crippen MR) is 78.3 cm³/mol. The average molecular weight is 310 g/mol. The Morgan fingerprint density at radius 1 is 1.28 bits per heavy atom. The van der Waals surface area contributed by atoms with Crippen molar-refractivity contribution in [1.82, 2.24) is 4.90 Å². The summed E-state index contributed by atoms with van der Waals surface area (Å²) < 4.78 is 0. The molecule has 0 heterocycles. The van der Waals surface area contributed by atoms with Gasteiger partial charge in [0.15, 0.2) is 0 Å². The van der Waals surface area contributed by atoms with Gasteiger partial charge in [0, 0.05) is 23.5 Å². The van der Waals surface area contributed by atoms with Crippen LogP contribution in [0.5, 0.6) is 0 Å². The van der Waals surface area contributed by atoms with Crippen LogP contribution in [-0.2, 0) is 0 Å². The molecule has 1 aromatic rings. The Bertz CT molecular complexity index is 395. The Hall–Kier alpha value is -0.830. The van der Waals surface area contributed by atoms with Crippen molar-refractivity contribution >= 4 is 21.8 Å². The molecule has 18 heavy (non-hydrogen) atoms. The minimum atomic E-state index is 0.182. The molecule has 3 heteroatoms. The molecule has 0 aromatic heterocycles. The van der Waals surface area contributed by atoms with Crippen molar-refractivity contribution in [3.8, 4) is 0 Å². The molecule has 0 aliphatic heterocycles. The average Bonchev–Trinajstić information content (AvgIpc) is 2.90. The van der Waals surface area contributed by atoms with E-state index in [4.69, 9.17) is 0 Å². The SMILES string of the molecule is Cc1ccc(C(=O)N(CCBr)C2CCCC2)cc1. The lowest BCUT2D eigenvalue weighted by atomic mass is 10.1. The van der Waals surface area contributed by atoms with Gasteiger partial charge in [-0.05, 0) is 31.9 Å².